The largest absolute Gasteiger partial charge is 0.481 e. The molecule has 0 saturated carbocycles. The van der Waals surface area contributed by atoms with Crippen molar-refractivity contribution in [2.75, 3.05) is 6.61 Å². The fourth-order valence-corrected chi connectivity index (χ4v) is 7.59. The van der Waals surface area contributed by atoms with E-state index in [0.29, 0.717) is 32.3 Å². The zero-order valence-electron chi connectivity index (χ0n) is 30.5. The molecular weight excluding hydrogens is 830 g/mol. The van der Waals surface area contributed by atoms with Gasteiger partial charge in [-0.25, -0.2) is 4.79 Å². The van der Waals surface area contributed by atoms with Gasteiger partial charge >= 0.3 is 11.9 Å². The van der Waals surface area contributed by atoms with Gasteiger partial charge in [0.05, 0.1) is 24.3 Å². The maximum Gasteiger partial charge on any atom is 0.338 e. The number of aliphatic carboxylic acids is 1. The summed E-state index contributed by atoms with van der Waals surface area (Å²) >= 11 is 28.2. The second-order valence-corrected chi connectivity index (χ2v) is 16.3. The van der Waals surface area contributed by atoms with E-state index in [2.05, 4.69) is 54.9 Å². The molecule has 0 amide bonds. The number of ether oxygens (including phenoxy) is 1. The average Bonchev–Trinajstić information content (AvgIpc) is 3.70. The van der Waals surface area contributed by atoms with Crippen LogP contribution in [-0.4, -0.2) is 36.1 Å². The summed E-state index contributed by atoms with van der Waals surface area (Å²) in [5.74, 6) is -1.03. The van der Waals surface area contributed by atoms with Crippen LogP contribution >= 0.6 is 62.3 Å². The molecule has 2 aliphatic rings. The number of carbonyl (C=O) groups excluding carboxylic acids is 1. The van der Waals surface area contributed by atoms with Crippen LogP contribution in [0.25, 0.3) is 0 Å². The molecule has 288 valence electrons. The third kappa shape index (κ3) is 11.7. The number of halogens is 5. The molecule has 0 fully saturated rings. The Morgan fingerprint density at radius 2 is 1.15 bits per heavy atom. The van der Waals surface area contributed by atoms with Crippen LogP contribution in [0.5, 0.6) is 0 Å². The van der Waals surface area contributed by atoms with Gasteiger partial charge in [-0.1, -0.05) is 115 Å². The minimum Gasteiger partial charge on any atom is -0.481 e. The summed E-state index contributed by atoms with van der Waals surface area (Å²) in [5, 5.41) is 10.3. The van der Waals surface area contributed by atoms with Crippen molar-refractivity contribution in [1.29, 1.82) is 0 Å². The van der Waals surface area contributed by atoms with Crippen LogP contribution in [0.1, 0.15) is 110 Å². The highest BCUT2D eigenvalue weighted by molar-refractivity contribution is 9.10. The Morgan fingerprint density at radius 3 is 1.52 bits per heavy atom. The molecule has 0 aromatic heterocycles. The van der Waals surface area contributed by atoms with Crippen LogP contribution in [0.2, 0.25) is 20.1 Å². The Hall–Kier alpha value is -3.20. The first-order chi connectivity index (χ1) is 25.0. The summed E-state index contributed by atoms with van der Waals surface area (Å²) in [6.07, 6.45) is 5.98. The number of carboxylic acids is 1. The maximum atomic E-state index is 12.0. The lowest BCUT2D eigenvalue weighted by atomic mass is 9.79. The highest BCUT2D eigenvalue weighted by Crippen LogP contribution is 2.43. The minimum absolute atomic E-state index is 0. The van der Waals surface area contributed by atoms with Gasteiger partial charge < -0.3 is 9.84 Å². The number of esters is 1. The molecule has 11 heteroatoms. The van der Waals surface area contributed by atoms with Crippen molar-refractivity contribution in [3.8, 4) is 0 Å². The number of nitrogens with zero attached hydrogens (tertiary/aromatic N) is 2. The van der Waals surface area contributed by atoms with Crippen molar-refractivity contribution in [2.45, 2.75) is 91.1 Å². The number of hydrogen-bond acceptors (Lipinski definition) is 5. The van der Waals surface area contributed by atoms with E-state index in [4.69, 9.17) is 66.2 Å². The second-order valence-electron chi connectivity index (χ2n) is 13.7. The average molecular weight is 878 g/mol. The van der Waals surface area contributed by atoms with E-state index < -0.39 is 5.97 Å². The molecule has 0 radical (unpaired) electrons. The third-order valence-corrected chi connectivity index (χ3v) is 11.1. The normalized spacial score (nSPS) is 20.9. The molecule has 4 aromatic rings. The minimum atomic E-state index is -0.745. The van der Waals surface area contributed by atoms with Crippen molar-refractivity contribution in [2.24, 2.45) is 9.98 Å². The van der Waals surface area contributed by atoms with Crippen LogP contribution in [0, 0.1) is 13.8 Å². The first-order valence-corrected chi connectivity index (χ1v) is 19.5. The summed E-state index contributed by atoms with van der Waals surface area (Å²) in [6, 6.07) is 23.8. The smallest absolute Gasteiger partial charge is 0.338 e. The lowest BCUT2D eigenvalue weighted by Crippen LogP contribution is -2.21. The Morgan fingerprint density at radius 1 is 0.741 bits per heavy atom. The fourth-order valence-electron chi connectivity index (χ4n) is 6.29. The van der Waals surface area contributed by atoms with Gasteiger partial charge in [0.25, 0.3) is 0 Å². The first-order valence-electron chi connectivity index (χ1n) is 17.2. The van der Waals surface area contributed by atoms with E-state index in [-0.39, 0.29) is 42.7 Å². The number of carbonyl (C=O) groups is 2. The van der Waals surface area contributed by atoms with Crippen molar-refractivity contribution in [3.05, 3.63) is 136 Å². The first kappa shape index (κ1) is 45.2. The zero-order valence-corrected chi connectivity index (χ0v) is 35.1. The van der Waals surface area contributed by atoms with E-state index in [1.807, 2.05) is 61.8 Å². The Kier molecular flexibility index (Phi) is 16.4. The number of aryl methyl sites for hydroxylation is 2. The Labute approximate surface area is 348 Å². The van der Waals surface area contributed by atoms with Crippen LogP contribution in [0.15, 0.2) is 87.3 Å². The topological polar surface area (TPSA) is 88.3 Å². The van der Waals surface area contributed by atoms with Gasteiger partial charge in [-0.15, -0.1) is 0 Å². The third-order valence-electron chi connectivity index (χ3n) is 9.36. The van der Waals surface area contributed by atoms with E-state index in [1.54, 1.807) is 26.0 Å². The molecule has 4 aromatic carbocycles. The molecule has 0 spiro atoms. The molecule has 1 N–H and O–H groups in total. The van der Waals surface area contributed by atoms with Gasteiger partial charge in [0, 0.05) is 54.2 Å². The molecule has 0 aliphatic carbocycles. The Bertz CT molecular complexity index is 2000. The number of carboxylic acid groups (broad SMARTS) is 1. The van der Waals surface area contributed by atoms with E-state index in [9.17, 15) is 9.59 Å². The standard InChI is InChI=1S/C21H21Cl2NO2.C18H16BrCl2N.C3H6O2.CH4/c1-4-26-20(25)18-6-5-14(7-13(18)2)19-11-21(3,12-24-19)15-8-16(22)10-17(23)9-15;1-11-5-12(3-4-16(11)19)17-9-18(2,10-22-17)13-6-14(20)8-15(21)7-13;1-2-3(4)5;/h5-10,12,19H,4,11H2,1-3H3;3-8,10,17H,9H2,1-2H3;2H2,1H3,(H,4,5);1H4. The molecule has 4 unspecified atom stereocenters. The monoisotopic (exact) mass is 874 g/mol. The molecule has 0 saturated heterocycles. The van der Waals surface area contributed by atoms with Crippen molar-refractivity contribution >= 4 is 86.7 Å². The van der Waals surface area contributed by atoms with Crippen molar-refractivity contribution in [3.63, 3.8) is 0 Å². The predicted octanol–water partition coefficient (Wildman–Crippen LogP) is 13.6. The maximum absolute atomic E-state index is 12.0. The van der Waals surface area contributed by atoms with Gasteiger partial charge in [0.15, 0.2) is 0 Å². The summed E-state index contributed by atoms with van der Waals surface area (Å²) < 4.78 is 6.22. The summed E-state index contributed by atoms with van der Waals surface area (Å²) in [7, 11) is 0. The van der Waals surface area contributed by atoms with Crippen LogP contribution in [0.3, 0.4) is 0 Å². The summed E-state index contributed by atoms with van der Waals surface area (Å²) in [6.45, 7) is 12.1. The number of hydrogen-bond donors (Lipinski definition) is 1. The van der Waals surface area contributed by atoms with E-state index in [0.717, 1.165) is 39.6 Å². The molecule has 54 heavy (non-hydrogen) atoms. The van der Waals surface area contributed by atoms with Crippen LogP contribution in [-0.2, 0) is 20.4 Å². The molecule has 6 nitrogen and oxygen atoms in total. The summed E-state index contributed by atoms with van der Waals surface area (Å²) in [4.78, 5) is 30.8. The van der Waals surface area contributed by atoms with Crippen molar-refractivity contribution in [1.82, 2.24) is 0 Å². The lowest BCUT2D eigenvalue weighted by Gasteiger charge is -2.23. The Balaban J connectivity index is 0.000000256. The number of aliphatic imine (C=N–C) groups is 2. The lowest BCUT2D eigenvalue weighted by molar-refractivity contribution is -0.136. The molecule has 0 bridgehead atoms. The van der Waals surface area contributed by atoms with E-state index in [1.165, 1.54) is 11.1 Å². The zero-order chi connectivity index (χ0) is 39.1. The quantitative estimate of drug-likeness (QED) is 0.187. The van der Waals surface area contributed by atoms with Crippen LogP contribution < -0.4 is 0 Å². The molecule has 6 rings (SSSR count). The molecule has 2 aliphatic heterocycles. The molecule has 2 heterocycles. The van der Waals surface area contributed by atoms with Gasteiger partial charge in [0.2, 0.25) is 0 Å². The molecule has 4 atom stereocenters. The second kappa shape index (κ2) is 19.6. The van der Waals surface area contributed by atoms with Gasteiger partial charge in [-0.3, -0.25) is 14.8 Å². The highest BCUT2D eigenvalue weighted by atomic mass is 79.9. The highest BCUT2D eigenvalue weighted by Gasteiger charge is 2.36. The van der Waals surface area contributed by atoms with Gasteiger partial charge in [-0.05, 0) is 116 Å². The van der Waals surface area contributed by atoms with Crippen molar-refractivity contribution < 1.29 is 19.4 Å². The van der Waals surface area contributed by atoms with Crippen LogP contribution in [0.4, 0.5) is 0 Å². The summed E-state index contributed by atoms with van der Waals surface area (Å²) in [5.41, 5.74) is 6.86. The fraction of sp³-hybridized carbons (Fsp3) is 0.349. The van der Waals surface area contributed by atoms with Gasteiger partial charge in [0.1, 0.15) is 0 Å². The predicted molar refractivity (Wildman–Crippen MR) is 230 cm³/mol. The van der Waals surface area contributed by atoms with E-state index >= 15 is 0 Å². The number of rotatable bonds is 7. The van der Waals surface area contributed by atoms with Gasteiger partial charge in [-0.2, -0.15) is 0 Å². The number of benzene rings is 4. The molecular formula is C43H47BrCl4N2O4. The SMILES string of the molecule is C.CCC(=O)O.CCOC(=O)c1ccc(C2CC(C)(c3cc(Cl)cc(Cl)c3)C=N2)cc1C.Cc1cc(C2CC(C)(c3cc(Cl)cc(Cl)c3)C=N2)ccc1Br.